The minimum atomic E-state index is 0.0415. The zero-order chi connectivity index (χ0) is 12.4. The number of fused-ring (bicyclic) bond motifs is 1. The molecule has 3 rings (SSSR count). The second-order valence-corrected chi connectivity index (χ2v) is 4.82. The van der Waals surface area contributed by atoms with Gasteiger partial charge in [-0.25, -0.2) is 0 Å². The first-order chi connectivity index (χ1) is 8.83. The molecule has 2 aromatic carbocycles. The van der Waals surface area contributed by atoms with Gasteiger partial charge in [0.1, 0.15) is 11.9 Å². The second-order valence-electron chi connectivity index (χ2n) is 4.82. The first-order valence-corrected chi connectivity index (χ1v) is 6.37. The summed E-state index contributed by atoms with van der Waals surface area (Å²) in [6.45, 7) is 0. The van der Waals surface area contributed by atoms with Gasteiger partial charge in [0.15, 0.2) is 0 Å². The average Bonchev–Trinajstić information content (AvgIpc) is 2.84. The smallest absolute Gasteiger partial charge is 0.123 e. The Morgan fingerprint density at radius 2 is 1.78 bits per heavy atom. The van der Waals surface area contributed by atoms with Crippen molar-refractivity contribution in [1.82, 2.24) is 0 Å². The molecule has 0 spiro atoms. The van der Waals surface area contributed by atoms with E-state index in [0.29, 0.717) is 0 Å². The third-order valence-corrected chi connectivity index (χ3v) is 3.46. The molecule has 0 aromatic heterocycles. The van der Waals surface area contributed by atoms with Gasteiger partial charge in [0.25, 0.3) is 0 Å². The molecule has 1 aliphatic heterocycles. The van der Waals surface area contributed by atoms with Crippen LogP contribution in [0.15, 0.2) is 54.6 Å². The molecule has 2 unspecified atom stereocenters. The van der Waals surface area contributed by atoms with E-state index in [1.807, 2.05) is 36.4 Å². The highest BCUT2D eigenvalue weighted by molar-refractivity contribution is 5.37. The number of nitrogens with two attached hydrogens (primary N) is 1. The lowest BCUT2D eigenvalue weighted by Gasteiger charge is -2.19. The molecule has 0 amide bonds. The van der Waals surface area contributed by atoms with Crippen LogP contribution in [0.2, 0.25) is 0 Å². The highest BCUT2D eigenvalue weighted by Crippen LogP contribution is 2.29. The molecule has 0 saturated carbocycles. The Kier molecular flexibility index (Phi) is 3.03. The lowest BCUT2D eigenvalue weighted by molar-refractivity contribution is 0.198. The van der Waals surface area contributed by atoms with E-state index in [-0.39, 0.29) is 12.1 Å². The Labute approximate surface area is 107 Å². The monoisotopic (exact) mass is 239 g/mol. The van der Waals surface area contributed by atoms with E-state index in [1.165, 1.54) is 11.1 Å². The van der Waals surface area contributed by atoms with Crippen LogP contribution in [0, 0.1) is 0 Å². The molecule has 2 N–H and O–H groups in total. The van der Waals surface area contributed by atoms with Crippen molar-refractivity contribution in [2.45, 2.75) is 25.0 Å². The van der Waals surface area contributed by atoms with E-state index in [4.69, 9.17) is 10.5 Å². The lowest BCUT2D eigenvalue weighted by atomic mass is 9.99. The number of para-hydroxylation sites is 1. The zero-order valence-corrected chi connectivity index (χ0v) is 10.3. The van der Waals surface area contributed by atoms with Gasteiger partial charge < -0.3 is 10.5 Å². The normalized spacial score (nSPS) is 19.1. The Bertz CT molecular complexity index is 499. The fourth-order valence-corrected chi connectivity index (χ4v) is 2.47. The number of hydrogen-bond acceptors (Lipinski definition) is 2. The molecule has 92 valence electrons. The first kappa shape index (κ1) is 11.3. The summed E-state index contributed by atoms with van der Waals surface area (Å²) in [6.07, 6.45) is 1.88. The van der Waals surface area contributed by atoms with Crippen LogP contribution in [0.4, 0.5) is 0 Å². The van der Waals surface area contributed by atoms with Crippen LogP contribution in [-0.2, 0) is 12.8 Å². The predicted molar refractivity (Wildman–Crippen MR) is 72.7 cm³/mol. The summed E-state index contributed by atoms with van der Waals surface area (Å²) in [5.41, 5.74) is 8.80. The van der Waals surface area contributed by atoms with Gasteiger partial charge in [-0.3, -0.25) is 0 Å². The quantitative estimate of drug-likeness (QED) is 0.893. The van der Waals surface area contributed by atoms with Crippen molar-refractivity contribution < 1.29 is 4.74 Å². The second kappa shape index (κ2) is 4.83. The van der Waals surface area contributed by atoms with Crippen LogP contribution in [0.5, 0.6) is 5.75 Å². The number of rotatable bonds is 3. The maximum absolute atomic E-state index is 6.27. The fraction of sp³-hybridized carbons (Fsp3) is 0.250. The molecular weight excluding hydrogens is 222 g/mol. The third-order valence-electron chi connectivity index (χ3n) is 3.46. The Morgan fingerprint density at radius 1 is 1.06 bits per heavy atom. The van der Waals surface area contributed by atoms with Crippen LogP contribution in [0.25, 0.3) is 0 Å². The van der Waals surface area contributed by atoms with Crippen molar-refractivity contribution in [3.8, 4) is 5.75 Å². The van der Waals surface area contributed by atoms with Crippen molar-refractivity contribution in [3.05, 3.63) is 65.7 Å². The standard InChI is InChI=1S/C16H17NO/c17-14(10-12-6-2-1-3-7-12)16-11-13-8-4-5-9-15(13)18-16/h1-9,14,16H,10-11,17H2. The molecule has 1 aliphatic rings. The molecular formula is C16H17NO. The molecule has 0 radical (unpaired) electrons. The number of hydrogen-bond donors (Lipinski definition) is 1. The topological polar surface area (TPSA) is 35.2 Å². The van der Waals surface area contributed by atoms with E-state index in [1.54, 1.807) is 0 Å². The lowest BCUT2D eigenvalue weighted by Crippen LogP contribution is -2.39. The Hall–Kier alpha value is -1.80. The summed E-state index contributed by atoms with van der Waals surface area (Å²) in [4.78, 5) is 0. The van der Waals surface area contributed by atoms with Crippen molar-refractivity contribution in [3.63, 3.8) is 0 Å². The third kappa shape index (κ3) is 2.24. The molecule has 0 saturated heterocycles. The molecule has 2 atom stereocenters. The largest absolute Gasteiger partial charge is 0.488 e. The minimum absolute atomic E-state index is 0.0415. The Morgan fingerprint density at radius 3 is 2.56 bits per heavy atom. The highest BCUT2D eigenvalue weighted by atomic mass is 16.5. The fourth-order valence-electron chi connectivity index (χ4n) is 2.47. The van der Waals surface area contributed by atoms with Crippen LogP contribution in [0.1, 0.15) is 11.1 Å². The van der Waals surface area contributed by atoms with Crippen LogP contribution in [0.3, 0.4) is 0 Å². The van der Waals surface area contributed by atoms with Crippen LogP contribution in [-0.4, -0.2) is 12.1 Å². The van der Waals surface area contributed by atoms with Crippen LogP contribution < -0.4 is 10.5 Å². The summed E-state index contributed by atoms with van der Waals surface area (Å²) in [5.74, 6) is 0.992. The van der Waals surface area contributed by atoms with E-state index in [2.05, 4.69) is 18.2 Å². The average molecular weight is 239 g/mol. The van der Waals surface area contributed by atoms with E-state index >= 15 is 0 Å². The Balaban J connectivity index is 1.67. The van der Waals surface area contributed by atoms with Crippen molar-refractivity contribution in [2.75, 3.05) is 0 Å². The van der Waals surface area contributed by atoms with Gasteiger partial charge in [-0.2, -0.15) is 0 Å². The molecule has 2 nitrogen and oxygen atoms in total. The van der Waals surface area contributed by atoms with Gasteiger partial charge in [-0.05, 0) is 23.6 Å². The SMILES string of the molecule is NC(Cc1ccccc1)C1Cc2ccccc2O1. The van der Waals surface area contributed by atoms with Gasteiger partial charge in [-0.15, -0.1) is 0 Å². The summed E-state index contributed by atoms with van der Waals surface area (Å²) in [5, 5.41) is 0. The van der Waals surface area contributed by atoms with E-state index in [0.717, 1.165) is 18.6 Å². The van der Waals surface area contributed by atoms with Crippen molar-refractivity contribution in [1.29, 1.82) is 0 Å². The van der Waals surface area contributed by atoms with E-state index < -0.39 is 0 Å². The number of benzene rings is 2. The van der Waals surface area contributed by atoms with Crippen LogP contribution >= 0.6 is 0 Å². The van der Waals surface area contributed by atoms with E-state index in [9.17, 15) is 0 Å². The number of ether oxygens (including phenoxy) is 1. The zero-order valence-electron chi connectivity index (χ0n) is 10.3. The maximum Gasteiger partial charge on any atom is 0.123 e. The molecule has 1 heterocycles. The van der Waals surface area contributed by atoms with Gasteiger partial charge in [-0.1, -0.05) is 48.5 Å². The van der Waals surface area contributed by atoms with Crippen molar-refractivity contribution in [2.24, 2.45) is 5.73 Å². The van der Waals surface area contributed by atoms with Gasteiger partial charge >= 0.3 is 0 Å². The summed E-state index contributed by atoms with van der Waals surface area (Å²) < 4.78 is 5.92. The van der Waals surface area contributed by atoms with Crippen molar-refractivity contribution >= 4 is 0 Å². The predicted octanol–water partition coefficient (Wildman–Crippen LogP) is 2.56. The first-order valence-electron chi connectivity index (χ1n) is 6.37. The summed E-state index contributed by atoms with van der Waals surface area (Å²) in [7, 11) is 0. The maximum atomic E-state index is 6.27. The molecule has 2 heteroatoms. The van der Waals surface area contributed by atoms with Gasteiger partial charge in [0.05, 0.1) is 0 Å². The summed E-state index contributed by atoms with van der Waals surface area (Å²) in [6, 6.07) is 18.6. The summed E-state index contributed by atoms with van der Waals surface area (Å²) >= 11 is 0. The molecule has 0 fully saturated rings. The van der Waals surface area contributed by atoms with Gasteiger partial charge in [0.2, 0.25) is 0 Å². The highest BCUT2D eigenvalue weighted by Gasteiger charge is 2.27. The molecule has 18 heavy (non-hydrogen) atoms. The molecule has 0 bridgehead atoms. The molecule has 2 aromatic rings. The van der Waals surface area contributed by atoms with Gasteiger partial charge in [0, 0.05) is 12.5 Å². The minimum Gasteiger partial charge on any atom is -0.488 e. The molecule has 0 aliphatic carbocycles.